The van der Waals surface area contributed by atoms with Gasteiger partial charge in [0.2, 0.25) is 0 Å². The van der Waals surface area contributed by atoms with E-state index in [1.54, 1.807) is 24.3 Å². The Bertz CT molecular complexity index is 337. The molecule has 0 aliphatic rings. The van der Waals surface area contributed by atoms with Crippen molar-refractivity contribution in [2.24, 2.45) is 0 Å². The van der Waals surface area contributed by atoms with Crippen LogP contribution in [-0.4, -0.2) is 12.2 Å². The molecule has 0 spiro atoms. The van der Waals surface area contributed by atoms with Crippen molar-refractivity contribution in [2.45, 2.75) is 0 Å². The third-order valence-corrected chi connectivity index (χ3v) is 1.30. The van der Waals surface area contributed by atoms with Gasteiger partial charge in [0.25, 0.3) is 11.4 Å². The second kappa shape index (κ2) is 3.98. The number of para-hydroxylation sites is 2. The van der Waals surface area contributed by atoms with Gasteiger partial charge in [-0.15, -0.1) is 9.98 Å². The number of hydrogen-bond acceptors (Lipinski definition) is 2. The van der Waals surface area contributed by atoms with Crippen molar-refractivity contribution in [3.05, 3.63) is 24.3 Å². The topological polar surface area (TPSA) is 62.1 Å². The molecule has 2 N–H and O–H groups in total. The molecule has 1 rings (SSSR count). The van der Waals surface area contributed by atoms with Crippen LogP contribution in [0, 0.1) is 0 Å². The van der Waals surface area contributed by atoms with Gasteiger partial charge in [-0.2, -0.15) is 9.59 Å². The average Bonchev–Trinajstić information content (AvgIpc) is 2.09. The van der Waals surface area contributed by atoms with Crippen LogP contribution in [0.5, 0.6) is 0 Å². The smallest absolute Gasteiger partial charge is 0.159 e. The van der Waals surface area contributed by atoms with Crippen LogP contribution in [0.4, 0.5) is 11.4 Å². The van der Waals surface area contributed by atoms with Gasteiger partial charge in [0.15, 0.2) is 0 Å². The Morgan fingerprint density at radius 2 is 1.33 bits per heavy atom. The predicted octanol–water partition coefficient (Wildman–Crippen LogP) is -2.22. The van der Waals surface area contributed by atoms with E-state index >= 15 is 0 Å². The van der Waals surface area contributed by atoms with Crippen LogP contribution < -0.4 is 9.98 Å². The largest absolute Gasteiger partial charge is 0.428 e. The Labute approximate surface area is 68.3 Å². The number of benzene rings is 1. The maximum atomic E-state index is 9.97. The molecule has 4 heteroatoms. The normalized spacial score (nSPS) is 8.00. The molecule has 0 unspecified atom stereocenters. The van der Waals surface area contributed by atoms with Gasteiger partial charge in [-0.1, -0.05) is 12.1 Å². The first kappa shape index (κ1) is 8.08. The lowest BCUT2D eigenvalue weighted by Gasteiger charge is -1.81. The molecule has 4 nitrogen and oxygen atoms in total. The molecule has 0 fully saturated rings. The molecule has 0 heterocycles. The maximum Gasteiger partial charge on any atom is 0.428 e. The van der Waals surface area contributed by atoms with Crippen molar-refractivity contribution < 1.29 is 19.6 Å². The summed E-state index contributed by atoms with van der Waals surface area (Å²) in [6.07, 6.45) is 3.03. The van der Waals surface area contributed by atoms with Gasteiger partial charge in [-0.05, 0) is 0 Å². The molecule has 12 heavy (non-hydrogen) atoms. The van der Waals surface area contributed by atoms with Gasteiger partial charge in [0.05, 0.1) is 0 Å². The fourth-order valence-electron chi connectivity index (χ4n) is 0.811. The zero-order chi connectivity index (χ0) is 8.81. The highest BCUT2D eigenvalue weighted by Gasteiger charge is 2.08. The Kier molecular flexibility index (Phi) is 2.68. The zero-order valence-electron chi connectivity index (χ0n) is 6.13. The van der Waals surface area contributed by atoms with Gasteiger partial charge < -0.3 is 0 Å². The molecule has 0 radical (unpaired) electrons. The molecule has 0 aromatic heterocycles. The minimum absolute atomic E-state index is 0.496. The van der Waals surface area contributed by atoms with Crippen LogP contribution in [-0.2, 0) is 9.59 Å². The van der Waals surface area contributed by atoms with E-state index in [0.717, 1.165) is 0 Å². The first-order chi connectivity index (χ1) is 5.88. The van der Waals surface area contributed by atoms with Gasteiger partial charge in [-0.25, -0.2) is 0 Å². The molecule has 58 valence electrons. The number of hydrogen-bond donors (Lipinski definition) is 2. The first-order valence-corrected chi connectivity index (χ1v) is 3.24. The van der Waals surface area contributed by atoms with Crippen LogP contribution in [0.2, 0.25) is 0 Å². The lowest BCUT2D eigenvalue weighted by Crippen LogP contribution is -2.67. The highest BCUT2D eigenvalue weighted by atomic mass is 16.1. The van der Waals surface area contributed by atoms with E-state index in [1.807, 2.05) is 0 Å². The van der Waals surface area contributed by atoms with Crippen LogP contribution >= 0.6 is 0 Å². The van der Waals surface area contributed by atoms with E-state index in [4.69, 9.17) is 0 Å². The average molecular weight is 162 g/mol. The van der Waals surface area contributed by atoms with Crippen molar-refractivity contribution in [1.82, 2.24) is 0 Å². The Morgan fingerprint density at radius 3 is 1.67 bits per heavy atom. The third kappa shape index (κ3) is 1.73. The summed E-state index contributed by atoms with van der Waals surface area (Å²) in [5, 5.41) is 0. The van der Waals surface area contributed by atoms with E-state index in [9.17, 15) is 9.59 Å². The second-order valence-corrected chi connectivity index (χ2v) is 2.00. The quantitative estimate of drug-likeness (QED) is 0.382. The fourth-order valence-corrected chi connectivity index (χ4v) is 0.811. The van der Waals surface area contributed by atoms with E-state index in [1.165, 1.54) is 12.2 Å². The lowest BCUT2D eigenvalue weighted by molar-refractivity contribution is -0.391. The molecule has 0 amide bonds. The zero-order valence-corrected chi connectivity index (χ0v) is 6.13. The van der Waals surface area contributed by atoms with Crippen LogP contribution in [0.3, 0.4) is 0 Å². The number of nitrogens with one attached hydrogen (secondary N) is 2. The molecular weight excluding hydrogens is 156 g/mol. The molecule has 0 saturated heterocycles. The standard InChI is InChI=1S/C8H4N2O2/c11-5-9-7-3-1-2-4-8(7)10-6-12/h1-4H/p+2. The van der Waals surface area contributed by atoms with E-state index in [0.29, 0.717) is 11.4 Å². The summed E-state index contributed by atoms with van der Waals surface area (Å²) in [5.41, 5.74) is 0.992. The first-order valence-electron chi connectivity index (χ1n) is 3.24. The highest BCUT2D eigenvalue weighted by Crippen LogP contribution is 2.06. The Balaban J connectivity index is 3.25. The molecule has 0 bridgehead atoms. The van der Waals surface area contributed by atoms with Crippen LogP contribution in [0.1, 0.15) is 0 Å². The number of isocyanates is 2. The second-order valence-electron chi connectivity index (χ2n) is 2.00. The third-order valence-electron chi connectivity index (χ3n) is 1.30. The molecular formula is C8H6N2O2+2. The van der Waals surface area contributed by atoms with Gasteiger partial charge >= 0.3 is 12.2 Å². The lowest BCUT2D eigenvalue weighted by atomic mass is 10.3. The molecule has 0 atom stereocenters. The summed E-state index contributed by atoms with van der Waals surface area (Å²) < 4.78 is 0. The predicted molar refractivity (Wildman–Crippen MR) is 39.1 cm³/mol. The summed E-state index contributed by atoms with van der Waals surface area (Å²) in [4.78, 5) is 24.6. The Hall–Kier alpha value is -2.02. The molecule has 0 saturated carbocycles. The number of carbonyl (C=O) groups excluding carboxylic acids is 2. The number of rotatable bonds is 2. The van der Waals surface area contributed by atoms with Gasteiger partial charge in [-0.3, -0.25) is 0 Å². The van der Waals surface area contributed by atoms with E-state index in [2.05, 4.69) is 9.98 Å². The van der Waals surface area contributed by atoms with Crippen molar-refractivity contribution >= 4 is 23.5 Å². The van der Waals surface area contributed by atoms with Crippen molar-refractivity contribution in [3.63, 3.8) is 0 Å². The minimum Gasteiger partial charge on any atom is -0.159 e. The van der Waals surface area contributed by atoms with E-state index < -0.39 is 0 Å². The molecule has 0 aliphatic carbocycles. The van der Waals surface area contributed by atoms with Crippen LogP contribution in [0.25, 0.3) is 0 Å². The van der Waals surface area contributed by atoms with Crippen molar-refractivity contribution in [3.8, 4) is 0 Å². The maximum absolute atomic E-state index is 9.97. The summed E-state index contributed by atoms with van der Waals surface area (Å²) in [6, 6.07) is 6.75. The monoisotopic (exact) mass is 162 g/mol. The van der Waals surface area contributed by atoms with Gasteiger partial charge in [0, 0.05) is 12.1 Å². The van der Waals surface area contributed by atoms with Crippen molar-refractivity contribution in [2.75, 3.05) is 0 Å². The van der Waals surface area contributed by atoms with Crippen LogP contribution in [0.15, 0.2) is 24.3 Å². The summed E-state index contributed by atoms with van der Waals surface area (Å²) >= 11 is 0. The molecule has 0 aliphatic heterocycles. The van der Waals surface area contributed by atoms with Gasteiger partial charge in [0.1, 0.15) is 0 Å². The summed E-state index contributed by atoms with van der Waals surface area (Å²) in [6.45, 7) is 0. The molecule has 1 aromatic carbocycles. The summed E-state index contributed by atoms with van der Waals surface area (Å²) in [7, 11) is 0. The van der Waals surface area contributed by atoms with E-state index in [-0.39, 0.29) is 0 Å². The molecule has 1 aromatic rings. The highest BCUT2D eigenvalue weighted by molar-refractivity contribution is 5.52. The minimum atomic E-state index is 0.496. The summed E-state index contributed by atoms with van der Waals surface area (Å²) in [5.74, 6) is 0. The van der Waals surface area contributed by atoms with Crippen molar-refractivity contribution in [1.29, 1.82) is 0 Å². The fraction of sp³-hybridized carbons (Fsp3) is 0. The Morgan fingerprint density at radius 1 is 0.917 bits per heavy atom. The SMILES string of the molecule is O=C=[NH+]c1ccccc1[NH+]=C=O.